The summed E-state index contributed by atoms with van der Waals surface area (Å²) in [5.41, 5.74) is 2.05. The predicted molar refractivity (Wildman–Crippen MR) is 121 cm³/mol. The zero-order valence-electron chi connectivity index (χ0n) is 16.5. The Morgan fingerprint density at radius 1 is 1.07 bits per heavy atom. The van der Waals surface area contributed by atoms with E-state index in [9.17, 15) is 9.59 Å². The molecule has 0 aliphatic carbocycles. The van der Waals surface area contributed by atoms with Crippen LogP contribution in [0.4, 0.5) is 5.69 Å². The number of anilines is 1. The largest absolute Gasteiger partial charge is 0.329 e. The van der Waals surface area contributed by atoms with Crippen LogP contribution in [0, 0.1) is 0 Å². The van der Waals surface area contributed by atoms with Crippen molar-refractivity contribution in [1.29, 1.82) is 0 Å². The van der Waals surface area contributed by atoms with E-state index in [2.05, 4.69) is 29.4 Å². The van der Waals surface area contributed by atoms with Crippen LogP contribution in [0.1, 0.15) is 31.6 Å². The zero-order chi connectivity index (χ0) is 21.1. The average Bonchev–Trinajstić information content (AvgIpc) is 3.30. The number of carbonyl (C=O) groups excluding carboxylic acids is 2. The summed E-state index contributed by atoms with van der Waals surface area (Å²) in [4.78, 5) is 30.6. The van der Waals surface area contributed by atoms with Gasteiger partial charge in [-0.15, -0.1) is 11.3 Å². The van der Waals surface area contributed by atoms with Gasteiger partial charge >= 0.3 is 0 Å². The molecule has 1 unspecified atom stereocenters. The normalized spacial score (nSPS) is 17.0. The number of thiophene rings is 1. The maximum atomic E-state index is 13.4. The molecule has 1 atom stereocenters. The lowest BCUT2D eigenvalue weighted by Crippen LogP contribution is -2.49. The minimum absolute atomic E-state index is 0.0303. The van der Waals surface area contributed by atoms with Crippen LogP contribution in [0.2, 0.25) is 5.02 Å². The number of nitrogens with one attached hydrogen (secondary N) is 1. The Labute approximate surface area is 184 Å². The summed E-state index contributed by atoms with van der Waals surface area (Å²) in [5, 5.41) is 5.06. The molecule has 7 heteroatoms. The van der Waals surface area contributed by atoms with Crippen molar-refractivity contribution in [2.75, 3.05) is 32.0 Å². The van der Waals surface area contributed by atoms with Gasteiger partial charge in [0.25, 0.3) is 11.8 Å². The Bertz CT molecular complexity index is 1040. The lowest BCUT2D eigenvalue weighted by atomic mass is 10.0. The van der Waals surface area contributed by atoms with E-state index in [1.54, 1.807) is 24.3 Å². The number of amides is 2. The summed E-state index contributed by atoms with van der Waals surface area (Å²) < 4.78 is 0. The molecule has 154 valence electrons. The van der Waals surface area contributed by atoms with E-state index in [4.69, 9.17) is 11.6 Å². The van der Waals surface area contributed by atoms with E-state index < -0.39 is 0 Å². The Morgan fingerprint density at radius 3 is 2.60 bits per heavy atom. The topological polar surface area (TPSA) is 52.6 Å². The minimum Gasteiger partial charge on any atom is -0.329 e. The van der Waals surface area contributed by atoms with Crippen LogP contribution in [-0.4, -0.2) is 48.3 Å². The fourth-order valence-corrected chi connectivity index (χ4v) is 4.42. The van der Waals surface area contributed by atoms with Gasteiger partial charge in [0, 0.05) is 25.2 Å². The highest BCUT2D eigenvalue weighted by Gasteiger charge is 2.31. The number of likely N-dealkylation sites (N-methyl/N-ethyl adjacent to an activating group) is 1. The second kappa shape index (κ2) is 9.00. The van der Waals surface area contributed by atoms with E-state index in [-0.39, 0.29) is 17.9 Å². The highest BCUT2D eigenvalue weighted by Crippen LogP contribution is 2.29. The van der Waals surface area contributed by atoms with Gasteiger partial charge in [-0.05, 0) is 42.3 Å². The third-order valence-corrected chi connectivity index (χ3v) is 6.43. The molecule has 1 aliphatic rings. The molecule has 0 bridgehead atoms. The number of hydrogen-bond acceptors (Lipinski definition) is 4. The second-order valence-electron chi connectivity index (χ2n) is 7.31. The predicted octanol–water partition coefficient (Wildman–Crippen LogP) is 4.78. The fourth-order valence-electron chi connectivity index (χ4n) is 3.63. The summed E-state index contributed by atoms with van der Waals surface area (Å²) in [6.45, 7) is 2.21. The van der Waals surface area contributed by atoms with Gasteiger partial charge in [0.1, 0.15) is 0 Å². The molecule has 1 aliphatic heterocycles. The van der Waals surface area contributed by atoms with Gasteiger partial charge in [-0.1, -0.05) is 48.0 Å². The number of halogens is 1. The first-order valence-corrected chi connectivity index (χ1v) is 11.0. The van der Waals surface area contributed by atoms with Crippen molar-refractivity contribution >= 4 is 40.4 Å². The van der Waals surface area contributed by atoms with Crippen LogP contribution in [0.25, 0.3) is 0 Å². The molecular weight excluding hydrogens is 418 g/mol. The molecule has 4 rings (SSSR count). The first kappa shape index (κ1) is 20.6. The molecule has 5 nitrogen and oxygen atoms in total. The number of nitrogens with zero attached hydrogens (tertiary/aromatic N) is 2. The first-order chi connectivity index (χ1) is 14.5. The Balaban J connectivity index is 1.59. The van der Waals surface area contributed by atoms with Crippen LogP contribution in [0.15, 0.2) is 66.0 Å². The van der Waals surface area contributed by atoms with E-state index in [1.165, 1.54) is 11.3 Å². The van der Waals surface area contributed by atoms with Gasteiger partial charge in [0.15, 0.2) is 0 Å². The van der Waals surface area contributed by atoms with Crippen LogP contribution < -0.4 is 5.32 Å². The number of rotatable bonds is 4. The van der Waals surface area contributed by atoms with Gasteiger partial charge in [0.2, 0.25) is 0 Å². The van der Waals surface area contributed by atoms with Crippen molar-refractivity contribution in [3.8, 4) is 0 Å². The zero-order valence-corrected chi connectivity index (χ0v) is 18.1. The molecular formula is C23H22ClN3O2S. The van der Waals surface area contributed by atoms with Crippen LogP contribution in [0.5, 0.6) is 0 Å². The number of carbonyl (C=O) groups is 2. The van der Waals surface area contributed by atoms with Crippen molar-refractivity contribution in [3.63, 3.8) is 0 Å². The summed E-state index contributed by atoms with van der Waals surface area (Å²) in [5.74, 6) is -0.307. The van der Waals surface area contributed by atoms with Crippen molar-refractivity contribution in [1.82, 2.24) is 9.80 Å². The Morgan fingerprint density at radius 2 is 1.87 bits per heavy atom. The molecule has 0 saturated carbocycles. The highest BCUT2D eigenvalue weighted by molar-refractivity contribution is 7.12. The van der Waals surface area contributed by atoms with Gasteiger partial charge in [-0.3, -0.25) is 9.59 Å². The molecule has 1 aromatic heterocycles. The van der Waals surface area contributed by atoms with E-state index in [1.807, 2.05) is 34.5 Å². The molecule has 0 radical (unpaired) electrons. The maximum absolute atomic E-state index is 13.4. The molecule has 2 heterocycles. The summed E-state index contributed by atoms with van der Waals surface area (Å²) >= 11 is 7.65. The van der Waals surface area contributed by atoms with Gasteiger partial charge in [-0.25, -0.2) is 0 Å². The Hall–Kier alpha value is -2.67. The lowest BCUT2D eigenvalue weighted by Gasteiger charge is -2.40. The summed E-state index contributed by atoms with van der Waals surface area (Å²) in [7, 11) is 2.07. The molecule has 30 heavy (non-hydrogen) atoms. The molecule has 0 spiro atoms. The third kappa shape index (κ3) is 4.41. The third-order valence-electron chi connectivity index (χ3n) is 5.24. The maximum Gasteiger partial charge on any atom is 0.265 e. The molecule has 2 aromatic carbocycles. The highest BCUT2D eigenvalue weighted by atomic mass is 35.5. The monoisotopic (exact) mass is 439 g/mol. The Kier molecular flexibility index (Phi) is 6.18. The lowest BCUT2D eigenvalue weighted by molar-refractivity contribution is 0.0498. The summed E-state index contributed by atoms with van der Waals surface area (Å²) in [6, 6.07) is 18.6. The van der Waals surface area contributed by atoms with Crippen LogP contribution in [0.3, 0.4) is 0 Å². The van der Waals surface area contributed by atoms with Crippen molar-refractivity contribution in [2.24, 2.45) is 0 Å². The van der Waals surface area contributed by atoms with Gasteiger partial charge in [0.05, 0.1) is 21.6 Å². The number of hydrogen-bond donors (Lipinski definition) is 1. The molecule has 1 saturated heterocycles. The van der Waals surface area contributed by atoms with E-state index in [0.717, 1.165) is 18.7 Å². The second-order valence-corrected chi connectivity index (χ2v) is 8.67. The SMILES string of the molecule is CN1CCN(C(=O)c2ccc(Cl)c(NC(=O)c3cccs3)c2)C(c2ccccc2)C1. The molecule has 1 N–H and O–H groups in total. The molecule has 1 fully saturated rings. The minimum atomic E-state index is -0.238. The van der Waals surface area contributed by atoms with Crippen LogP contribution in [-0.2, 0) is 0 Å². The standard InChI is InChI=1S/C23H22ClN3O2S/c1-26-11-12-27(20(15-26)16-6-3-2-4-7-16)23(29)17-9-10-18(24)19(14-17)25-22(28)21-8-5-13-30-21/h2-10,13-14,20H,11-12,15H2,1H3,(H,25,28). The first-order valence-electron chi connectivity index (χ1n) is 9.72. The summed E-state index contributed by atoms with van der Waals surface area (Å²) in [6.07, 6.45) is 0. The van der Waals surface area contributed by atoms with Gasteiger partial charge < -0.3 is 15.1 Å². The van der Waals surface area contributed by atoms with E-state index in [0.29, 0.717) is 27.7 Å². The van der Waals surface area contributed by atoms with Crippen molar-refractivity contribution in [3.05, 3.63) is 87.1 Å². The molecule has 2 amide bonds. The average molecular weight is 440 g/mol. The van der Waals surface area contributed by atoms with Crippen molar-refractivity contribution in [2.45, 2.75) is 6.04 Å². The number of piperazine rings is 1. The van der Waals surface area contributed by atoms with Crippen LogP contribution >= 0.6 is 22.9 Å². The van der Waals surface area contributed by atoms with Gasteiger partial charge in [-0.2, -0.15) is 0 Å². The fraction of sp³-hybridized carbons (Fsp3) is 0.217. The quantitative estimate of drug-likeness (QED) is 0.636. The van der Waals surface area contributed by atoms with E-state index >= 15 is 0 Å². The molecule has 3 aromatic rings. The van der Waals surface area contributed by atoms with Crippen molar-refractivity contribution < 1.29 is 9.59 Å². The number of benzene rings is 2. The smallest absolute Gasteiger partial charge is 0.265 e.